The van der Waals surface area contributed by atoms with Crippen LogP contribution in [0.15, 0.2) is 30.3 Å². The van der Waals surface area contributed by atoms with Gasteiger partial charge < -0.3 is 10.2 Å². The van der Waals surface area contributed by atoms with Gasteiger partial charge >= 0.3 is 0 Å². The summed E-state index contributed by atoms with van der Waals surface area (Å²) in [5.74, 6) is 0.638. The molecule has 0 aromatic heterocycles. The molecule has 1 aromatic carbocycles. The van der Waals surface area contributed by atoms with Crippen molar-refractivity contribution in [3.8, 4) is 0 Å². The number of para-hydroxylation sites is 1. The molecule has 1 aromatic rings. The fourth-order valence-corrected chi connectivity index (χ4v) is 1.80. The maximum Gasteiger partial charge on any atom is 0.0363 e. The van der Waals surface area contributed by atoms with Gasteiger partial charge in [-0.15, -0.1) is 0 Å². The van der Waals surface area contributed by atoms with Crippen molar-refractivity contribution in [1.82, 2.24) is 5.32 Å². The van der Waals surface area contributed by atoms with Gasteiger partial charge in [0.25, 0.3) is 0 Å². The Balaban J connectivity index is 2.39. The molecule has 2 nitrogen and oxygen atoms in total. The van der Waals surface area contributed by atoms with Crippen LogP contribution >= 0.6 is 0 Å². The summed E-state index contributed by atoms with van der Waals surface area (Å²) >= 11 is 0. The third-order valence-electron chi connectivity index (χ3n) is 2.76. The van der Waals surface area contributed by atoms with Gasteiger partial charge in [0, 0.05) is 24.8 Å². The molecule has 0 heterocycles. The largest absolute Gasteiger partial charge is 0.374 e. The van der Waals surface area contributed by atoms with Gasteiger partial charge in [-0.2, -0.15) is 0 Å². The molecule has 96 valence electrons. The van der Waals surface area contributed by atoms with E-state index in [0.717, 1.165) is 13.1 Å². The van der Waals surface area contributed by atoms with Crippen LogP contribution in [-0.2, 0) is 0 Å². The average molecular weight is 234 g/mol. The molecule has 0 saturated heterocycles. The molecule has 0 aliphatic heterocycles. The number of benzene rings is 1. The summed E-state index contributed by atoms with van der Waals surface area (Å²) in [5.41, 5.74) is 1.50. The third kappa shape index (κ3) is 5.73. The lowest BCUT2D eigenvalue weighted by Crippen LogP contribution is -2.41. The highest BCUT2D eigenvalue weighted by Gasteiger charge is 2.12. The molecule has 1 atom stereocenters. The molecule has 0 fully saturated rings. The third-order valence-corrected chi connectivity index (χ3v) is 2.76. The Morgan fingerprint density at radius 3 is 2.29 bits per heavy atom. The van der Waals surface area contributed by atoms with Crippen LogP contribution in [0.3, 0.4) is 0 Å². The van der Waals surface area contributed by atoms with Crippen LogP contribution in [0.5, 0.6) is 0 Å². The van der Waals surface area contributed by atoms with Crippen molar-refractivity contribution in [1.29, 1.82) is 0 Å². The van der Waals surface area contributed by atoms with Crippen molar-refractivity contribution >= 4 is 5.69 Å². The first-order valence-corrected chi connectivity index (χ1v) is 6.40. The molecule has 0 radical (unpaired) electrons. The lowest BCUT2D eigenvalue weighted by atomic mass is 10.1. The van der Waals surface area contributed by atoms with E-state index in [1.54, 1.807) is 0 Å². The fraction of sp³-hybridized carbons (Fsp3) is 0.600. The Kier molecular flexibility index (Phi) is 5.01. The monoisotopic (exact) mass is 234 g/mol. The van der Waals surface area contributed by atoms with Crippen LogP contribution in [0.2, 0.25) is 0 Å². The van der Waals surface area contributed by atoms with Gasteiger partial charge in [0.15, 0.2) is 0 Å². The molecule has 0 aliphatic rings. The SMILES string of the molecule is CC(CNC(C)(C)C)CN(C)c1ccccc1. The van der Waals surface area contributed by atoms with Gasteiger partial charge in [0.05, 0.1) is 0 Å². The van der Waals surface area contributed by atoms with E-state index in [1.165, 1.54) is 5.69 Å². The molecule has 0 bridgehead atoms. The van der Waals surface area contributed by atoms with Crippen molar-refractivity contribution in [3.05, 3.63) is 30.3 Å². The normalized spacial score (nSPS) is 13.5. The smallest absolute Gasteiger partial charge is 0.0363 e. The van der Waals surface area contributed by atoms with E-state index in [4.69, 9.17) is 0 Å². The lowest BCUT2D eigenvalue weighted by Gasteiger charge is -2.27. The first kappa shape index (κ1) is 14.0. The number of hydrogen-bond donors (Lipinski definition) is 1. The van der Waals surface area contributed by atoms with E-state index < -0.39 is 0 Å². The van der Waals surface area contributed by atoms with E-state index in [0.29, 0.717) is 5.92 Å². The fourth-order valence-electron chi connectivity index (χ4n) is 1.80. The Morgan fingerprint density at radius 1 is 1.18 bits per heavy atom. The van der Waals surface area contributed by atoms with Gasteiger partial charge in [0.2, 0.25) is 0 Å². The summed E-state index contributed by atoms with van der Waals surface area (Å²) < 4.78 is 0. The number of hydrogen-bond acceptors (Lipinski definition) is 2. The number of rotatable bonds is 5. The highest BCUT2D eigenvalue weighted by atomic mass is 15.1. The quantitative estimate of drug-likeness (QED) is 0.842. The average Bonchev–Trinajstić information content (AvgIpc) is 2.27. The number of nitrogens with one attached hydrogen (secondary N) is 1. The van der Waals surface area contributed by atoms with E-state index >= 15 is 0 Å². The molecule has 0 aliphatic carbocycles. The second-order valence-corrected chi connectivity index (χ2v) is 5.95. The molecular weight excluding hydrogens is 208 g/mol. The minimum Gasteiger partial charge on any atom is -0.374 e. The molecule has 1 unspecified atom stereocenters. The summed E-state index contributed by atoms with van der Waals surface area (Å²) in [5, 5.41) is 3.55. The second-order valence-electron chi connectivity index (χ2n) is 5.95. The van der Waals surface area contributed by atoms with Crippen LogP contribution in [-0.4, -0.2) is 25.7 Å². The first-order chi connectivity index (χ1) is 7.88. The Labute approximate surface area is 106 Å². The Bertz CT molecular complexity index is 313. The van der Waals surface area contributed by atoms with E-state index in [-0.39, 0.29) is 5.54 Å². The first-order valence-electron chi connectivity index (χ1n) is 6.40. The van der Waals surface area contributed by atoms with Crippen molar-refractivity contribution in [3.63, 3.8) is 0 Å². The van der Waals surface area contributed by atoms with Crippen LogP contribution in [0.25, 0.3) is 0 Å². The van der Waals surface area contributed by atoms with Crippen molar-refractivity contribution in [2.75, 3.05) is 25.0 Å². The Hall–Kier alpha value is -1.02. The highest BCUT2D eigenvalue weighted by Crippen LogP contribution is 2.13. The molecule has 17 heavy (non-hydrogen) atoms. The standard InChI is InChI=1S/C15H26N2/c1-13(11-16-15(2,3)4)12-17(5)14-9-7-6-8-10-14/h6-10,13,16H,11-12H2,1-5H3. The van der Waals surface area contributed by atoms with Gasteiger partial charge in [-0.1, -0.05) is 25.1 Å². The van der Waals surface area contributed by atoms with Crippen molar-refractivity contribution < 1.29 is 0 Å². The maximum absolute atomic E-state index is 3.55. The summed E-state index contributed by atoms with van der Waals surface area (Å²) in [4.78, 5) is 2.31. The van der Waals surface area contributed by atoms with E-state index in [9.17, 15) is 0 Å². The van der Waals surface area contributed by atoms with Crippen LogP contribution in [0.4, 0.5) is 5.69 Å². The molecule has 1 rings (SSSR count). The van der Waals surface area contributed by atoms with Gasteiger partial charge in [0.1, 0.15) is 0 Å². The molecule has 0 spiro atoms. The summed E-state index contributed by atoms with van der Waals surface area (Å²) in [7, 11) is 2.16. The number of anilines is 1. The summed E-state index contributed by atoms with van der Waals surface area (Å²) in [6.45, 7) is 11.0. The van der Waals surface area contributed by atoms with Crippen LogP contribution in [0, 0.1) is 5.92 Å². The number of nitrogens with zero attached hydrogens (tertiary/aromatic N) is 1. The molecule has 0 saturated carbocycles. The van der Waals surface area contributed by atoms with Crippen LogP contribution < -0.4 is 10.2 Å². The summed E-state index contributed by atoms with van der Waals surface area (Å²) in [6, 6.07) is 10.5. The van der Waals surface area contributed by atoms with Crippen molar-refractivity contribution in [2.45, 2.75) is 33.2 Å². The lowest BCUT2D eigenvalue weighted by molar-refractivity contribution is 0.384. The van der Waals surface area contributed by atoms with Gasteiger partial charge in [-0.25, -0.2) is 0 Å². The molecule has 1 N–H and O–H groups in total. The molecule has 0 amide bonds. The van der Waals surface area contributed by atoms with Crippen molar-refractivity contribution in [2.24, 2.45) is 5.92 Å². The predicted octanol–water partition coefficient (Wildman–Crippen LogP) is 3.15. The zero-order valence-corrected chi connectivity index (χ0v) is 11.8. The van der Waals surface area contributed by atoms with E-state index in [1.807, 2.05) is 0 Å². The zero-order valence-electron chi connectivity index (χ0n) is 11.8. The van der Waals surface area contributed by atoms with Crippen LogP contribution in [0.1, 0.15) is 27.7 Å². The van der Waals surface area contributed by atoms with Gasteiger partial charge in [-0.05, 0) is 45.4 Å². The highest BCUT2D eigenvalue weighted by molar-refractivity contribution is 5.44. The minimum atomic E-state index is 0.208. The molecular formula is C15H26N2. The predicted molar refractivity (Wildman–Crippen MR) is 76.6 cm³/mol. The topological polar surface area (TPSA) is 15.3 Å². The minimum absolute atomic E-state index is 0.208. The van der Waals surface area contributed by atoms with Gasteiger partial charge in [-0.3, -0.25) is 0 Å². The Morgan fingerprint density at radius 2 is 1.76 bits per heavy atom. The molecule has 2 heteroatoms. The summed E-state index contributed by atoms with van der Waals surface area (Å²) in [6.07, 6.45) is 0. The second kappa shape index (κ2) is 6.06. The van der Waals surface area contributed by atoms with E-state index in [2.05, 4.69) is 75.3 Å². The maximum atomic E-state index is 3.55. The zero-order chi connectivity index (χ0) is 12.9.